The molecule has 0 heterocycles. The highest BCUT2D eigenvalue weighted by Crippen LogP contribution is 2.27. The van der Waals surface area contributed by atoms with Crippen molar-refractivity contribution in [1.82, 2.24) is 0 Å². The zero-order valence-electron chi connectivity index (χ0n) is 20.1. The van der Waals surface area contributed by atoms with Gasteiger partial charge in [0.1, 0.15) is 11.5 Å². The van der Waals surface area contributed by atoms with Gasteiger partial charge in [-0.3, -0.25) is 0 Å². The van der Waals surface area contributed by atoms with Crippen molar-refractivity contribution in [3.63, 3.8) is 0 Å². The zero-order chi connectivity index (χ0) is 22.3. The van der Waals surface area contributed by atoms with Gasteiger partial charge in [0.25, 0.3) is 0 Å². The molecular weight excluding hydrogens is 372 g/mol. The predicted molar refractivity (Wildman–Crippen MR) is 126 cm³/mol. The van der Waals surface area contributed by atoms with Crippen LogP contribution in [0.3, 0.4) is 0 Å². The standard InChI is InChI=1S/C27H40O3/c1-19(2)23-9-13-25(14-10-23)29-21(5)17-27(7,8)18-28-22(6)30-26-15-11-24(12-16-26)20(3)4/h9-16,19-22H,17-18H2,1-8H3. The number of hydrogen-bond donors (Lipinski definition) is 0. The minimum absolute atomic E-state index is 0.0175. The lowest BCUT2D eigenvalue weighted by Crippen LogP contribution is -2.30. The molecule has 0 aromatic heterocycles. The van der Waals surface area contributed by atoms with Crippen LogP contribution in [0.15, 0.2) is 48.5 Å². The first-order valence-corrected chi connectivity index (χ1v) is 11.2. The molecule has 3 nitrogen and oxygen atoms in total. The maximum atomic E-state index is 6.13. The van der Waals surface area contributed by atoms with Crippen LogP contribution in [-0.2, 0) is 4.74 Å². The number of rotatable bonds is 11. The normalized spacial score (nSPS) is 14.1. The number of ether oxygens (including phenoxy) is 3. The third-order valence-corrected chi connectivity index (χ3v) is 5.28. The molecule has 0 fully saturated rings. The third kappa shape index (κ3) is 8.02. The van der Waals surface area contributed by atoms with Gasteiger partial charge >= 0.3 is 0 Å². The Bertz CT molecular complexity index is 745. The Morgan fingerprint density at radius 3 is 1.53 bits per heavy atom. The first kappa shape index (κ1) is 24.3. The second-order valence-corrected chi connectivity index (χ2v) is 9.74. The van der Waals surface area contributed by atoms with Gasteiger partial charge in [-0.1, -0.05) is 65.8 Å². The zero-order valence-corrected chi connectivity index (χ0v) is 20.1. The van der Waals surface area contributed by atoms with E-state index in [4.69, 9.17) is 14.2 Å². The molecule has 2 rings (SSSR count). The van der Waals surface area contributed by atoms with Crippen LogP contribution in [0.2, 0.25) is 0 Å². The summed E-state index contributed by atoms with van der Waals surface area (Å²) in [5, 5.41) is 0. The van der Waals surface area contributed by atoms with Crippen molar-refractivity contribution in [3.8, 4) is 11.5 Å². The van der Waals surface area contributed by atoms with E-state index < -0.39 is 0 Å². The van der Waals surface area contributed by atoms with Gasteiger partial charge in [0, 0.05) is 0 Å². The van der Waals surface area contributed by atoms with E-state index in [0.717, 1.165) is 17.9 Å². The lowest BCUT2D eigenvalue weighted by molar-refractivity contribution is -0.0970. The van der Waals surface area contributed by atoms with Gasteiger partial charge < -0.3 is 14.2 Å². The van der Waals surface area contributed by atoms with Gasteiger partial charge in [-0.2, -0.15) is 0 Å². The summed E-state index contributed by atoms with van der Waals surface area (Å²) in [4.78, 5) is 0. The highest BCUT2D eigenvalue weighted by molar-refractivity contribution is 5.29. The van der Waals surface area contributed by atoms with E-state index in [1.165, 1.54) is 11.1 Å². The highest BCUT2D eigenvalue weighted by atomic mass is 16.7. The molecule has 0 saturated heterocycles. The summed E-state index contributed by atoms with van der Waals surface area (Å²) in [7, 11) is 0. The molecule has 0 radical (unpaired) electrons. The lowest BCUT2D eigenvalue weighted by atomic mass is 9.88. The molecule has 30 heavy (non-hydrogen) atoms. The maximum Gasteiger partial charge on any atom is 0.196 e. The average molecular weight is 413 g/mol. The summed E-state index contributed by atoms with van der Waals surface area (Å²) in [6.45, 7) is 17.9. The largest absolute Gasteiger partial charge is 0.491 e. The first-order chi connectivity index (χ1) is 14.1. The Morgan fingerprint density at radius 2 is 1.10 bits per heavy atom. The SMILES string of the molecule is CC(CC(C)(C)COC(C)Oc1ccc(C(C)C)cc1)Oc1ccc(C(C)C)cc1. The molecule has 2 aromatic carbocycles. The monoisotopic (exact) mass is 412 g/mol. The van der Waals surface area contributed by atoms with Crippen LogP contribution in [0.4, 0.5) is 0 Å². The fraction of sp³-hybridized carbons (Fsp3) is 0.556. The minimum atomic E-state index is -0.297. The van der Waals surface area contributed by atoms with Crippen molar-refractivity contribution >= 4 is 0 Å². The molecule has 2 unspecified atom stereocenters. The Kier molecular flexibility index (Phi) is 8.78. The van der Waals surface area contributed by atoms with Gasteiger partial charge in [-0.15, -0.1) is 0 Å². The second kappa shape index (κ2) is 10.9. The van der Waals surface area contributed by atoms with Crippen LogP contribution >= 0.6 is 0 Å². The summed E-state index contributed by atoms with van der Waals surface area (Å²) < 4.78 is 18.1. The van der Waals surface area contributed by atoms with E-state index >= 15 is 0 Å². The average Bonchev–Trinajstić information content (AvgIpc) is 2.67. The molecule has 0 saturated carbocycles. The van der Waals surface area contributed by atoms with Crippen molar-refractivity contribution in [2.75, 3.05) is 6.61 Å². The third-order valence-electron chi connectivity index (χ3n) is 5.28. The quantitative estimate of drug-likeness (QED) is 0.356. The number of hydrogen-bond acceptors (Lipinski definition) is 3. The molecular formula is C27H40O3. The van der Waals surface area contributed by atoms with Crippen molar-refractivity contribution in [1.29, 1.82) is 0 Å². The summed E-state index contributed by atoms with van der Waals surface area (Å²) in [6.07, 6.45) is 0.705. The highest BCUT2D eigenvalue weighted by Gasteiger charge is 2.24. The molecule has 2 aromatic rings. The predicted octanol–water partition coefficient (Wildman–Crippen LogP) is 7.56. The fourth-order valence-electron chi connectivity index (χ4n) is 3.54. The molecule has 0 bridgehead atoms. The first-order valence-electron chi connectivity index (χ1n) is 11.2. The smallest absolute Gasteiger partial charge is 0.196 e. The minimum Gasteiger partial charge on any atom is -0.491 e. The van der Waals surface area contributed by atoms with E-state index in [1.54, 1.807) is 0 Å². The Labute approximate surface area is 183 Å². The fourth-order valence-corrected chi connectivity index (χ4v) is 3.54. The Hall–Kier alpha value is -2.00. The van der Waals surface area contributed by atoms with E-state index in [2.05, 4.69) is 84.9 Å². The van der Waals surface area contributed by atoms with Crippen LogP contribution in [0, 0.1) is 5.41 Å². The Balaban J connectivity index is 1.79. The number of benzene rings is 2. The van der Waals surface area contributed by atoms with E-state index in [-0.39, 0.29) is 17.8 Å². The molecule has 166 valence electrons. The van der Waals surface area contributed by atoms with Crippen molar-refractivity contribution in [2.24, 2.45) is 5.41 Å². The molecule has 2 atom stereocenters. The lowest BCUT2D eigenvalue weighted by Gasteiger charge is -2.29. The van der Waals surface area contributed by atoms with Gasteiger partial charge in [0.2, 0.25) is 0 Å². The summed E-state index contributed by atoms with van der Waals surface area (Å²) in [6, 6.07) is 16.7. The second-order valence-electron chi connectivity index (χ2n) is 9.74. The molecule has 0 amide bonds. The van der Waals surface area contributed by atoms with Crippen LogP contribution in [0.25, 0.3) is 0 Å². The van der Waals surface area contributed by atoms with Crippen molar-refractivity contribution in [3.05, 3.63) is 59.7 Å². The van der Waals surface area contributed by atoms with Crippen LogP contribution in [0.1, 0.15) is 84.8 Å². The van der Waals surface area contributed by atoms with Crippen molar-refractivity contribution in [2.45, 2.75) is 86.0 Å². The summed E-state index contributed by atoms with van der Waals surface area (Å²) in [5.74, 6) is 2.81. The molecule has 0 spiro atoms. The van der Waals surface area contributed by atoms with Crippen LogP contribution < -0.4 is 9.47 Å². The van der Waals surface area contributed by atoms with E-state index in [1.807, 2.05) is 19.1 Å². The van der Waals surface area contributed by atoms with Gasteiger partial charge in [-0.05, 0) is 72.9 Å². The molecule has 0 N–H and O–H groups in total. The van der Waals surface area contributed by atoms with E-state index in [0.29, 0.717) is 18.4 Å². The van der Waals surface area contributed by atoms with Gasteiger partial charge in [-0.25, -0.2) is 0 Å². The molecule has 0 aliphatic carbocycles. The van der Waals surface area contributed by atoms with E-state index in [9.17, 15) is 0 Å². The van der Waals surface area contributed by atoms with Crippen molar-refractivity contribution < 1.29 is 14.2 Å². The van der Waals surface area contributed by atoms with Gasteiger partial charge in [0.15, 0.2) is 6.29 Å². The molecule has 0 aliphatic rings. The van der Waals surface area contributed by atoms with Crippen LogP contribution in [0.5, 0.6) is 11.5 Å². The topological polar surface area (TPSA) is 27.7 Å². The molecule has 0 aliphatic heterocycles. The van der Waals surface area contributed by atoms with Crippen LogP contribution in [-0.4, -0.2) is 19.0 Å². The summed E-state index contributed by atoms with van der Waals surface area (Å²) in [5.41, 5.74) is 2.62. The maximum absolute atomic E-state index is 6.13. The summed E-state index contributed by atoms with van der Waals surface area (Å²) >= 11 is 0. The van der Waals surface area contributed by atoms with Gasteiger partial charge in [0.05, 0.1) is 12.7 Å². The Morgan fingerprint density at radius 1 is 0.667 bits per heavy atom. The molecule has 3 heteroatoms.